The van der Waals surface area contributed by atoms with E-state index in [4.69, 9.17) is 9.25 Å². The topological polar surface area (TPSA) is 83.2 Å². The van der Waals surface area contributed by atoms with Gasteiger partial charge in [0, 0.05) is 5.56 Å². The van der Waals surface area contributed by atoms with Crippen molar-refractivity contribution in [2.45, 2.75) is 12.1 Å². The summed E-state index contributed by atoms with van der Waals surface area (Å²) >= 11 is 0. The molecule has 3 heterocycles. The Morgan fingerprint density at radius 3 is 3.16 bits per heavy atom. The molecular weight excluding hydrogens is 252 g/mol. The second-order valence-corrected chi connectivity index (χ2v) is 4.34. The Balaban J connectivity index is 2.02. The van der Waals surface area contributed by atoms with E-state index in [1.54, 1.807) is 6.07 Å². The molecule has 3 rings (SSSR count). The molecule has 2 aliphatic rings. The number of amides is 2. The highest BCUT2D eigenvalue weighted by Gasteiger charge is 2.52. The number of aliphatic carboxylic acids is 1. The highest BCUT2D eigenvalue weighted by atomic mass is 16.7. The number of furan rings is 1. The Labute approximate surface area is 108 Å². The maximum Gasteiger partial charge on any atom is 0.345 e. The van der Waals surface area contributed by atoms with Crippen LogP contribution in [0.15, 0.2) is 29.4 Å². The lowest BCUT2D eigenvalue weighted by atomic mass is 9.99. The summed E-state index contributed by atoms with van der Waals surface area (Å²) in [5.74, 6) is -0.824. The van der Waals surface area contributed by atoms with Gasteiger partial charge in [-0.05, 0) is 6.07 Å². The van der Waals surface area contributed by atoms with Crippen molar-refractivity contribution in [1.82, 2.24) is 9.96 Å². The zero-order valence-corrected chi connectivity index (χ0v) is 9.98. The van der Waals surface area contributed by atoms with Crippen molar-refractivity contribution < 1.29 is 24.0 Å². The minimum atomic E-state index is -1.12. The molecule has 1 saturated heterocycles. The minimum absolute atomic E-state index is 0.182. The van der Waals surface area contributed by atoms with Crippen LogP contribution < -0.4 is 0 Å². The first-order valence-electron chi connectivity index (χ1n) is 5.79. The lowest BCUT2D eigenvalue weighted by Crippen LogP contribution is -2.38. The molecule has 1 aromatic rings. The number of fused-ring (bicyclic) bond motifs is 4. The number of nitrogens with zero attached hydrogens (tertiary/aromatic N) is 2. The van der Waals surface area contributed by atoms with Gasteiger partial charge in [0.2, 0.25) is 0 Å². The Morgan fingerprint density at radius 2 is 2.47 bits per heavy atom. The molecule has 2 atom stereocenters. The van der Waals surface area contributed by atoms with E-state index in [1.165, 1.54) is 22.3 Å². The largest absolute Gasteiger partial charge is 0.479 e. The second kappa shape index (κ2) is 4.13. The van der Waals surface area contributed by atoms with E-state index in [2.05, 4.69) is 6.58 Å². The van der Waals surface area contributed by atoms with E-state index in [0.29, 0.717) is 11.3 Å². The number of hydrogen-bond acceptors (Lipinski definition) is 4. The van der Waals surface area contributed by atoms with E-state index >= 15 is 0 Å². The first-order valence-corrected chi connectivity index (χ1v) is 5.79. The number of carboxylic acids is 1. The summed E-state index contributed by atoms with van der Waals surface area (Å²) in [5.41, 5.74) is 0.679. The molecule has 19 heavy (non-hydrogen) atoms. The predicted octanol–water partition coefficient (Wildman–Crippen LogP) is 1.32. The first kappa shape index (κ1) is 11.8. The molecule has 1 fully saturated rings. The lowest BCUT2D eigenvalue weighted by Gasteiger charge is -2.26. The van der Waals surface area contributed by atoms with E-state index < -0.39 is 18.0 Å². The Hall–Kier alpha value is -2.28. The number of hydrogen-bond donors (Lipinski definition) is 1. The lowest BCUT2D eigenvalue weighted by molar-refractivity contribution is -0.143. The predicted molar refractivity (Wildman–Crippen MR) is 61.9 cm³/mol. The fourth-order valence-electron chi connectivity index (χ4n) is 2.53. The number of rotatable bonds is 4. The van der Waals surface area contributed by atoms with Gasteiger partial charge in [0.25, 0.3) is 0 Å². The summed E-state index contributed by atoms with van der Waals surface area (Å²) < 4.78 is 5.23. The number of urea groups is 1. The number of carbonyl (C=O) groups is 2. The maximum atomic E-state index is 12.2. The van der Waals surface area contributed by atoms with Crippen LogP contribution in [0.3, 0.4) is 0 Å². The van der Waals surface area contributed by atoms with Crippen LogP contribution in [0.2, 0.25) is 0 Å². The molecule has 0 spiro atoms. The smallest absolute Gasteiger partial charge is 0.345 e. The van der Waals surface area contributed by atoms with Crippen LogP contribution in [0.5, 0.6) is 0 Å². The van der Waals surface area contributed by atoms with Crippen molar-refractivity contribution in [3.63, 3.8) is 0 Å². The third-order valence-electron chi connectivity index (χ3n) is 3.30. The van der Waals surface area contributed by atoms with Crippen LogP contribution in [0.4, 0.5) is 4.79 Å². The van der Waals surface area contributed by atoms with Gasteiger partial charge in [0.1, 0.15) is 11.8 Å². The van der Waals surface area contributed by atoms with Crippen LogP contribution in [0, 0.1) is 0 Å². The molecule has 0 saturated carbocycles. The molecule has 0 radical (unpaired) electrons. The van der Waals surface area contributed by atoms with Gasteiger partial charge in [-0.3, -0.25) is 9.74 Å². The fraction of sp³-hybridized carbons (Fsp3) is 0.333. The van der Waals surface area contributed by atoms with Gasteiger partial charge in [-0.2, -0.15) is 5.06 Å². The molecule has 1 aromatic heterocycles. The number of carbonyl (C=O) groups excluding carboxylic acids is 1. The molecule has 0 aromatic carbocycles. The summed E-state index contributed by atoms with van der Waals surface area (Å²) in [5, 5.41) is 10.5. The van der Waals surface area contributed by atoms with Crippen molar-refractivity contribution in [1.29, 1.82) is 0 Å². The van der Waals surface area contributed by atoms with Crippen molar-refractivity contribution in [2.75, 3.05) is 13.2 Å². The minimum Gasteiger partial charge on any atom is -0.479 e. The third-order valence-corrected chi connectivity index (χ3v) is 3.30. The fourth-order valence-corrected chi connectivity index (χ4v) is 2.53. The molecule has 7 nitrogen and oxygen atoms in total. The molecule has 7 heteroatoms. The van der Waals surface area contributed by atoms with Gasteiger partial charge < -0.3 is 9.52 Å². The van der Waals surface area contributed by atoms with Crippen molar-refractivity contribution in [3.8, 4) is 0 Å². The first-order chi connectivity index (χ1) is 9.15. The maximum absolute atomic E-state index is 12.2. The SMILES string of the molecule is C=CCON1C(=O)N2C[C@H]1c1ccoc1[C@H]2C(=O)O. The summed E-state index contributed by atoms with van der Waals surface area (Å²) in [6.45, 7) is 3.98. The second-order valence-electron chi connectivity index (χ2n) is 4.34. The van der Waals surface area contributed by atoms with E-state index in [0.717, 1.165) is 0 Å². The van der Waals surface area contributed by atoms with Crippen molar-refractivity contribution in [3.05, 3.63) is 36.3 Å². The van der Waals surface area contributed by atoms with Crippen LogP contribution in [0.1, 0.15) is 23.4 Å². The van der Waals surface area contributed by atoms with Gasteiger partial charge in [-0.25, -0.2) is 9.59 Å². The van der Waals surface area contributed by atoms with Crippen LogP contribution in [-0.2, 0) is 9.63 Å². The average Bonchev–Trinajstić information content (AvgIpc) is 2.94. The molecule has 0 aliphatic carbocycles. The average molecular weight is 264 g/mol. The van der Waals surface area contributed by atoms with Crippen LogP contribution in [0.25, 0.3) is 0 Å². The Kier molecular flexibility index (Phi) is 2.56. The summed E-state index contributed by atoms with van der Waals surface area (Å²) in [6.07, 6.45) is 2.95. The normalized spacial score (nSPS) is 24.5. The Morgan fingerprint density at radius 1 is 1.68 bits per heavy atom. The summed E-state index contributed by atoms with van der Waals surface area (Å²) in [4.78, 5) is 30.1. The highest BCUT2D eigenvalue weighted by molar-refractivity contribution is 5.86. The van der Waals surface area contributed by atoms with E-state index in [1.807, 2.05) is 0 Å². The van der Waals surface area contributed by atoms with Crippen molar-refractivity contribution in [2.24, 2.45) is 0 Å². The molecule has 2 amide bonds. The van der Waals surface area contributed by atoms with E-state index in [9.17, 15) is 14.7 Å². The van der Waals surface area contributed by atoms with Gasteiger partial charge in [-0.1, -0.05) is 6.08 Å². The molecule has 100 valence electrons. The highest BCUT2D eigenvalue weighted by Crippen LogP contribution is 2.44. The van der Waals surface area contributed by atoms with E-state index in [-0.39, 0.29) is 19.2 Å². The van der Waals surface area contributed by atoms with Crippen LogP contribution in [-0.4, -0.2) is 40.2 Å². The van der Waals surface area contributed by atoms with Gasteiger partial charge in [0.05, 0.1) is 19.4 Å². The quantitative estimate of drug-likeness (QED) is 0.829. The third kappa shape index (κ3) is 1.55. The van der Waals surface area contributed by atoms with Crippen molar-refractivity contribution >= 4 is 12.0 Å². The molecule has 2 bridgehead atoms. The molecule has 0 unspecified atom stereocenters. The number of hydroxylamine groups is 2. The summed E-state index contributed by atoms with van der Waals surface area (Å²) in [6, 6.07) is -0.218. The van der Waals surface area contributed by atoms with Gasteiger partial charge in [-0.15, -0.1) is 6.58 Å². The molecular formula is C12H12N2O5. The summed E-state index contributed by atoms with van der Waals surface area (Å²) in [7, 11) is 0. The standard InChI is InChI=1S/C12H12N2O5/c1-2-4-19-14-8-6-13(12(14)17)9(11(15)16)10-7(8)3-5-18-10/h2-3,5,8-9H,1,4,6H2,(H,15,16)/t8-,9-/m0/s1. The monoisotopic (exact) mass is 264 g/mol. The molecule has 2 aliphatic heterocycles. The Bertz CT molecular complexity index is 552. The number of carboxylic acid groups (broad SMARTS) is 1. The van der Waals surface area contributed by atoms with Gasteiger partial charge in [0.15, 0.2) is 6.04 Å². The molecule has 1 N–H and O–H groups in total. The zero-order valence-electron chi connectivity index (χ0n) is 9.98. The van der Waals surface area contributed by atoms with Crippen LogP contribution >= 0.6 is 0 Å². The zero-order chi connectivity index (χ0) is 13.6. The van der Waals surface area contributed by atoms with Gasteiger partial charge >= 0.3 is 12.0 Å².